The van der Waals surface area contributed by atoms with E-state index in [1.165, 1.54) is 21.9 Å². The molecule has 0 saturated heterocycles. The maximum Gasteiger partial charge on any atom is 0.130 e. The summed E-state index contributed by atoms with van der Waals surface area (Å²) in [4.78, 5) is 12.2. The van der Waals surface area contributed by atoms with Gasteiger partial charge in [-0.3, -0.25) is 4.99 Å². The lowest BCUT2D eigenvalue weighted by Crippen LogP contribution is -2.39. The third-order valence-corrected chi connectivity index (χ3v) is 11.5. The van der Waals surface area contributed by atoms with E-state index < -0.39 is 0 Å². The van der Waals surface area contributed by atoms with E-state index in [1.54, 1.807) is 0 Å². The summed E-state index contributed by atoms with van der Waals surface area (Å²) >= 11 is 0. The molecule has 5 heteroatoms. The monoisotopic (exact) mass is 763 g/mol. The third kappa shape index (κ3) is 6.91. The fourth-order valence-corrected chi connectivity index (χ4v) is 8.71. The molecule has 2 heterocycles. The van der Waals surface area contributed by atoms with Crippen LogP contribution >= 0.6 is 0 Å². The van der Waals surface area contributed by atoms with Crippen molar-refractivity contribution in [3.63, 3.8) is 0 Å². The zero-order valence-corrected chi connectivity index (χ0v) is 33.1. The van der Waals surface area contributed by atoms with Crippen LogP contribution < -0.4 is 9.80 Å². The SMILES string of the molecule is CCN1CC(c2ccc(-n3c4ccc(N(c5ccccc5)c5ccccc5)cc4c4cc(N(c5ccccc5)c5ccccc5)ccc43)cc2)CN=C1c1ccccc1. The molecule has 0 bridgehead atoms. The van der Waals surface area contributed by atoms with Crippen LogP contribution in [0.25, 0.3) is 27.5 Å². The molecule has 0 N–H and O–H groups in total. The molecule has 0 aliphatic carbocycles. The Kier molecular flexibility index (Phi) is 9.69. The molecule has 1 unspecified atom stereocenters. The van der Waals surface area contributed by atoms with Crippen LogP contribution in [0.2, 0.25) is 0 Å². The van der Waals surface area contributed by atoms with Crippen molar-refractivity contribution < 1.29 is 0 Å². The van der Waals surface area contributed by atoms with Gasteiger partial charge in [-0.25, -0.2) is 0 Å². The predicted molar refractivity (Wildman–Crippen MR) is 248 cm³/mol. The Hall–Kier alpha value is -7.37. The molecule has 59 heavy (non-hydrogen) atoms. The lowest BCUT2D eigenvalue weighted by atomic mass is 9.96. The van der Waals surface area contributed by atoms with Gasteiger partial charge in [0.2, 0.25) is 0 Å². The summed E-state index contributed by atoms with van der Waals surface area (Å²) in [5.41, 5.74) is 12.6. The summed E-state index contributed by atoms with van der Waals surface area (Å²) in [6.07, 6.45) is 0. The molecule has 286 valence electrons. The van der Waals surface area contributed by atoms with Crippen LogP contribution in [0, 0.1) is 0 Å². The number of fused-ring (bicyclic) bond motifs is 3. The summed E-state index contributed by atoms with van der Waals surface area (Å²) in [7, 11) is 0. The standard InChI is InChI=1S/C54H45N5/c1-2-56-39-42(38-55-54(56)41-18-8-3-9-19-41)40-28-30-47(31-29-40)59-52-34-32-48(57(43-20-10-4-11-21-43)44-22-12-5-13-23-44)36-50(52)51-37-49(33-35-53(51)59)58(45-24-14-6-15-25-45)46-26-16-7-17-27-46/h3-37,42H,2,38-39H2,1H3. The second-order valence-electron chi connectivity index (χ2n) is 15.1. The van der Waals surface area contributed by atoms with Crippen LogP contribution in [-0.2, 0) is 0 Å². The Morgan fingerprint density at radius 2 is 0.898 bits per heavy atom. The van der Waals surface area contributed by atoms with Gasteiger partial charge in [0, 0.05) is 81.7 Å². The van der Waals surface area contributed by atoms with Crippen LogP contribution in [0.1, 0.15) is 24.0 Å². The fraction of sp³-hybridized carbons (Fsp3) is 0.0926. The minimum Gasteiger partial charge on any atom is -0.356 e. The van der Waals surface area contributed by atoms with Crippen molar-refractivity contribution in [3.05, 3.63) is 223 Å². The van der Waals surface area contributed by atoms with Gasteiger partial charge < -0.3 is 19.3 Å². The van der Waals surface area contributed by atoms with Gasteiger partial charge >= 0.3 is 0 Å². The van der Waals surface area contributed by atoms with Crippen molar-refractivity contribution in [3.8, 4) is 5.69 Å². The number of likely N-dealkylation sites (N-methyl/N-ethyl adjacent to an activating group) is 1. The zero-order chi connectivity index (χ0) is 39.5. The molecule has 8 aromatic carbocycles. The molecular formula is C54H45N5. The molecule has 1 aliphatic heterocycles. The van der Waals surface area contributed by atoms with Crippen LogP contribution in [-0.4, -0.2) is 34.9 Å². The molecule has 0 radical (unpaired) electrons. The maximum atomic E-state index is 5.13. The molecule has 0 spiro atoms. The molecule has 0 amide bonds. The molecule has 0 fully saturated rings. The van der Waals surface area contributed by atoms with Gasteiger partial charge in [-0.15, -0.1) is 0 Å². The third-order valence-electron chi connectivity index (χ3n) is 11.5. The quantitative estimate of drug-likeness (QED) is 0.139. The first-order valence-electron chi connectivity index (χ1n) is 20.6. The van der Waals surface area contributed by atoms with E-state index in [-0.39, 0.29) is 0 Å². The largest absolute Gasteiger partial charge is 0.356 e. The molecule has 0 saturated carbocycles. The van der Waals surface area contributed by atoms with Gasteiger partial charge in [-0.1, -0.05) is 115 Å². The highest BCUT2D eigenvalue weighted by molar-refractivity contribution is 6.12. The average Bonchev–Trinajstić information content (AvgIpc) is 3.64. The molecule has 9 aromatic rings. The first-order valence-corrected chi connectivity index (χ1v) is 20.6. The smallest absolute Gasteiger partial charge is 0.130 e. The van der Waals surface area contributed by atoms with Crippen molar-refractivity contribution in [2.24, 2.45) is 4.99 Å². The second kappa shape index (κ2) is 15.9. The van der Waals surface area contributed by atoms with E-state index in [2.05, 4.69) is 239 Å². The molecule has 10 rings (SSSR count). The van der Waals surface area contributed by atoms with Crippen molar-refractivity contribution in [1.82, 2.24) is 9.47 Å². The number of hydrogen-bond donors (Lipinski definition) is 0. The zero-order valence-electron chi connectivity index (χ0n) is 33.1. The van der Waals surface area contributed by atoms with E-state index in [9.17, 15) is 0 Å². The lowest BCUT2D eigenvalue weighted by molar-refractivity contribution is 0.383. The first-order chi connectivity index (χ1) is 29.2. The van der Waals surface area contributed by atoms with E-state index in [1.807, 2.05) is 0 Å². The number of aliphatic imine (C=N–C) groups is 1. The predicted octanol–water partition coefficient (Wildman–Crippen LogP) is 13.6. The number of nitrogens with zero attached hydrogens (tertiary/aromatic N) is 5. The number of aromatic nitrogens is 1. The van der Waals surface area contributed by atoms with Crippen LogP contribution in [0.3, 0.4) is 0 Å². The molecule has 1 aromatic heterocycles. The van der Waals surface area contributed by atoms with Crippen molar-refractivity contribution >= 4 is 61.8 Å². The Balaban J connectivity index is 1.11. The van der Waals surface area contributed by atoms with E-state index >= 15 is 0 Å². The van der Waals surface area contributed by atoms with Gasteiger partial charge in [-0.2, -0.15) is 0 Å². The van der Waals surface area contributed by atoms with E-state index in [0.717, 1.165) is 76.3 Å². The van der Waals surface area contributed by atoms with Crippen molar-refractivity contribution in [2.75, 3.05) is 29.4 Å². The number of anilines is 6. The first kappa shape index (κ1) is 36.0. The Labute approximate surface area is 346 Å². The number of benzene rings is 8. The van der Waals surface area contributed by atoms with Gasteiger partial charge in [-0.05, 0) is 110 Å². The highest BCUT2D eigenvalue weighted by Gasteiger charge is 2.25. The fourth-order valence-electron chi connectivity index (χ4n) is 8.71. The Morgan fingerprint density at radius 1 is 0.475 bits per heavy atom. The van der Waals surface area contributed by atoms with Gasteiger partial charge in [0.25, 0.3) is 0 Å². The summed E-state index contributed by atoms with van der Waals surface area (Å²) in [6.45, 7) is 4.87. The number of hydrogen-bond acceptors (Lipinski definition) is 4. The molecule has 1 aliphatic rings. The van der Waals surface area contributed by atoms with Gasteiger partial charge in [0.05, 0.1) is 11.0 Å². The molecule has 1 atom stereocenters. The van der Waals surface area contributed by atoms with Gasteiger partial charge in [0.15, 0.2) is 0 Å². The maximum absolute atomic E-state index is 5.13. The second-order valence-corrected chi connectivity index (χ2v) is 15.1. The van der Waals surface area contributed by atoms with Crippen LogP contribution in [0.5, 0.6) is 0 Å². The summed E-state index contributed by atoms with van der Waals surface area (Å²) < 4.78 is 2.43. The molecule has 5 nitrogen and oxygen atoms in total. The summed E-state index contributed by atoms with van der Waals surface area (Å²) in [5.74, 6) is 1.42. The van der Waals surface area contributed by atoms with E-state index in [0.29, 0.717) is 5.92 Å². The van der Waals surface area contributed by atoms with Crippen molar-refractivity contribution in [1.29, 1.82) is 0 Å². The van der Waals surface area contributed by atoms with Gasteiger partial charge in [0.1, 0.15) is 5.84 Å². The minimum absolute atomic E-state index is 0.323. The summed E-state index contributed by atoms with van der Waals surface area (Å²) in [5, 5.41) is 2.38. The number of para-hydroxylation sites is 4. The molecular weight excluding hydrogens is 719 g/mol. The van der Waals surface area contributed by atoms with E-state index in [4.69, 9.17) is 4.99 Å². The highest BCUT2D eigenvalue weighted by Crippen LogP contribution is 2.43. The topological polar surface area (TPSA) is 27.0 Å². The number of rotatable bonds is 10. The number of amidine groups is 1. The minimum atomic E-state index is 0.323. The van der Waals surface area contributed by atoms with Crippen LogP contribution in [0.4, 0.5) is 34.1 Å². The normalized spacial score (nSPS) is 14.0. The Bertz CT molecular complexity index is 2630. The summed E-state index contributed by atoms with van der Waals surface area (Å²) in [6, 6.07) is 76.2. The van der Waals surface area contributed by atoms with Crippen molar-refractivity contribution in [2.45, 2.75) is 12.8 Å². The Morgan fingerprint density at radius 3 is 1.32 bits per heavy atom. The van der Waals surface area contributed by atoms with Crippen LogP contribution in [0.15, 0.2) is 217 Å². The lowest BCUT2D eigenvalue weighted by Gasteiger charge is -2.33. The highest BCUT2D eigenvalue weighted by atomic mass is 15.2. The average molecular weight is 764 g/mol.